The molecule has 0 aliphatic heterocycles. The smallest absolute Gasteiger partial charge is 0.189 e. The summed E-state index contributed by atoms with van der Waals surface area (Å²) in [5, 5.41) is 23.1. The molecule has 1 fully saturated rings. The van der Waals surface area contributed by atoms with E-state index in [-0.39, 0.29) is 12.2 Å². The SMILES string of the molecule is COC1=CC(=O)[C@@H]2[C@](C)(CCC=C(C)C)[C@@H](O)C[C@@]1(CC=C(C)C)[C@@]2(O)OC. The van der Waals surface area contributed by atoms with Crippen molar-refractivity contribution < 1.29 is 24.5 Å². The Hall–Kier alpha value is -1.43. The standard InChI is InChI=1S/C23H36O5/c1-15(2)9-8-11-21(5)18(25)14-22(12-10-16(3)4)19(27-6)13-17(24)20(21)23(22,26)28-7/h9-10,13,18,20,25-26H,8,11-12,14H2,1-7H3/t18-,20+,21+,22+,23-/m0/s1. The molecule has 0 spiro atoms. The number of methoxy groups -OCH3 is 2. The van der Waals surface area contributed by atoms with Crippen LogP contribution in [0, 0.1) is 16.7 Å². The predicted molar refractivity (Wildman–Crippen MR) is 109 cm³/mol. The van der Waals surface area contributed by atoms with Crippen LogP contribution in [-0.4, -0.2) is 42.1 Å². The van der Waals surface area contributed by atoms with E-state index in [0.717, 1.165) is 12.0 Å². The minimum Gasteiger partial charge on any atom is -0.500 e. The Labute approximate surface area is 169 Å². The maximum atomic E-state index is 13.1. The van der Waals surface area contributed by atoms with Gasteiger partial charge in [0.25, 0.3) is 0 Å². The molecule has 0 radical (unpaired) electrons. The number of carbonyl (C=O) groups excluding carboxylic acids is 1. The lowest BCUT2D eigenvalue weighted by atomic mass is 9.47. The number of aliphatic hydroxyl groups is 2. The Morgan fingerprint density at radius 3 is 2.32 bits per heavy atom. The molecule has 0 unspecified atom stereocenters. The quantitative estimate of drug-likeness (QED) is 0.507. The molecule has 5 heteroatoms. The van der Waals surface area contributed by atoms with E-state index in [1.165, 1.54) is 25.9 Å². The van der Waals surface area contributed by atoms with Gasteiger partial charge in [-0.25, -0.2) is 0 Å². The third-order valence-electron chi connectivity index (χ3n) is 6.69. The van der Waals surface area contributed by atoms with Gasteiger partial charge >= 0.3 is 0 Å². The molecule has 158 valence electrons. The number of hydrogen-bond donors (Lipinski definition) is 2. The average molecular weight is 393 g/mol. The lowest BCUT2D eigenvalue weighted by Crippen LogP contribution is -2.71. The van der Waals surface area contributed by atoms with Gasteiger partial charge in [-0.2, -0.15) is 0 Å². The van der Waals surface area contributed by atoms with Crippen molar-refractivity contribution in [1.29, 1.82) is 0 Å². The summed E-state index contributed by atoms with van der Waals surface area (Å²) in [5.74, 6) is -2.51. The largest absolute Gasteiger partial charge is 0.500 e. The summed E-state index contributed by atoms with van der Waals surface area (Å²) in [7, 11) is 2.93. The fourth-order valence-corrected chi connectivity index (χ4v) is 5.03. The van der Waals surface area contributed by atoms with E-state index < -0.39 is 28.6 Å². The summed E-state index contributed by atoms with van der Waals surface area (Å²) in [5.41, 5.74) is 0.452. The summed E-state index contributed by atoms with van der Waals surface area (Å²) < 4.78 is 11.3. The van der Waals surface area contributed by atoms with Crippen LogP contribution in [0.25, 0.3) is 0 Å². The number of carbonyl (C=O) groups is 1. The number of fused-ring (bicyclic) bond motifs is 2. The number of ether oxygens (including phenoxy) is 2. The maximum absolute atomic E-state index is 13.1. The van der Waals surface area contributed by atoms with Gasteiger partial charge in [-0.1, -0.05) is 30.2 Å². The third kappa shape index (κ3) is 3.49. The zero-order valence-corrected chi connectivity index (χ0v) is 18.3. The second-order valence-corrected chi connectivity index (χ2v) is 9.06. The summed E-state index contributed by atoms with van der Waals surface area (Å²) in [4.78, 5) is 13.1. The van der Waals surface area contributed by atoms with Crippen molar-refractivity contribution in [2.45, 2.75) is 72.2 Å². The van der Waals surface area contributed by atoms with Crippen molar-refractivity contribution in [1.82, 2.24) is 0 Å². The lowest BCUT2D eigenvalue weighted by Gasteiger charge is -2.62. The van der Waals surface area contributed by atoms with Gasteiger partial charge in [0.15, 0.2) is 11.6 Å². The van der Waals surface area contributed by atoms with Crippen LogP contribution in [0.4, 0.5) is 0 Å². The summed E-state index contributed by atoms with van der Waals surface area (Å²) in [6, 6.07) is 0. The van der Waals surface area contributed by atoms with Gasteiger partial charge in [-0.05, 0) is 53.4 Å². The van der Waals surface area contributed by atoms with E-state index in [4.69, 9.17) is 9.47 Å². The molecule has 0 amide bonds. The maximum Gasteiger partial charge on any atom is 0.189 e. The molecular weight excluding hydrogens is 356 g/mol. The number of aliphatic hydroxyl groups excluding tert-OH is 1. The second kappa shape index (κ2) is 8.13. The van der Waals surface area contributed by atoms with Crippen molar-refractivity contribution >= 4 is 5.78 Å². The molecule has 5 nitrogen and oxygen atoms in total. The number of ketones is 1. The molecule has 1 saturated carbocycles. The molecule has 0 aromatic carbocycles. The second-order valence-electron chi connectivity index (χ2n) is 9.06. The van der Waals surface area contributed by atoms with Crippen LogP contribution in [0.1, 0.15) is 60.3 Å². The Bertz CT molecular complexity index is 698. The summed E-state index contributed by atoms with van der Waals surface area (Å²) in [6.07, 6.45) is 6.81. The van der Waals surface area contributed by atoms with Crippen LogP contribution in [0.3, 0.4) is 0 Å². The van der Waals surface area contributed by atoms with Gasteiger partial charge in [0.05, 0.1) is 24.5 Å². The van der Waals surface area contributed by atoms with Crippen LogP contribution in [0.15, 0.2) is 35.1 Å². The molecule has 2 bridgehead atoms. The van der Waals surface area contributed by atoms with Crippen LogP contribution < -0.4 is 0 Å². The molecule has 28 heavy (non-hydrogen) atoms. The monoisotopic (exact) mass is 392 g/mol. The third-order valence-corrected chi connectivity index (χ3v) is 6.69. The van der Waals surface area contributed by atoms with E-state index in [9.17, 15) is 15.0 Å². The first kappa shape index (κ1) is 22.9. The highest BCUT2D eigenvalue weighted by atomic mass is 16.6. The zero-order chi connectivity index (χ0) is 21.3. The van der Waals surface area contributed by atoms with Crippen molar-refractivity contribution in [3.05, 3.63) is 35.1 Å². The highest BCUT2D eigenvalue weighted by Gasteiger charge is 2.72. The van der Waals surface area contributed by atoms with Crippen molar-refractivity contribution in [2.75, 3.05) is 14.2 Å². The molecule has 0 aromatic heterocycles. The Kier molecular flexibility index (Phi) is 6.64. The van der Waals surface area contributed by atoms with E-state index in [1.807, 2.05) is 40.7 Å². The van der Waals surface area contributed by atoms with Gasteiger partial charge < -0.3 is 19.7 Å². The van der Waals surface area contributed by atoms with E-state index in [0.29, 0.717) is 18.6 Å². The van der Waals surface area contributed by atoms with Gasteiger partial charge in [-0.15, -0.1) is 0 Å². The highest BCUT2D eigenvalue weighted by Crippen LogP contribution is 2.64. The lowest BCUT2D eigenvalue weighted by molar-refractivity contribution is -0.336. The number of rotatable bonds is 7. The number of hydrogen-bond acceptors (Lipinski definition) is 5. The van der Waals surface area contributed by atoms with Crippen LogP contribution in [-0.2, 0) is 14.3 Å². The van der Waals surface area contributed by atoms with Crippen LogP contribution in [0.5, 0.6) is 0 Å². The molecule has 5 atom stereocenters. The van der Waals surface area contributed by atoms with E-state index in [1.54, 1.807) is 0 Å². The Balaban J connectivity index is 2.64. The topological polar surface area (TPSA) is 76.0 Å². The normalized spacial score (nSPS) is 37.2. The van der Waals surface area contributed by atoms with Crippen molar-refractivity contribution in [2.24, 2.45) is 16.7 Å². The Morgan fingerprint density at radius 2 is 1.82 bits per heavy atom. The predicted octanol–water partition coefficient (Wildman–Crippen LogP) is 3.91. The molecule has 0 saturated heterocycles. The van der Waals surface area contributed by atoms with Gasteiger partial charge in [0.1, 0.15) is 5.76 Å². The summed E-state index contributed by atoms with van der Waals surface area (Å²) in [6.45, 7) is 9.89. The zero-order valence-electron chi connectivity index (χ0n) is 18.3. The van der Waals surface area contributed by atoms with Gasteiger partial charge in [-0.3, -0.25) is 4.79 Å². The molecule has 0 aromatic rings. The van der Waals surface area contributed by atoms with Crippen LogP contribution >= 0.6 is 0 Å². The average Bonchev–Trinajstić information content (AvgIpc) is 2.60. The van der Waals surface area contributed by atoms with Crippen molar-refractivity contribution in [3.63, 3.8) is 0 Å². The highest BCUT2D eigenvalue weighted by molar-refractivity contribution is 5.95. The first-order chi connectivity index (χ1) is 13.0. The molecule has 2 aliphatic carbocycles. The minimum absolute atomic E-state index is 0.257. The van der Waals surface area contributed by atoms with Crippen molar-refractivity contribution in [3.8, 4) is 0 Å². The minimum atomic E-state index is -1.75. The fraction of sp³-hybridized carbons (Fsp3) is 0.696. The first-order valence-corrected chi connectivity index (χ1v) is 10.0. The number of allylic oxidation sites excluding steroid dienone is 5. The Morgan fingerprint density at radius 1 is 1.21 bits per heavy atom. The van der Waals surface area contributed by atoms with E-state index >= 15 is 0 Å². The van der Waals surface area contributed by atoms with Crippen LogP contribution in [0.2, 0.25) is 0 Å². The molecule has 2 N–H and O–H groups in total. The molecule has 2 aliphatic rings. The fourth-order valence-electron chi connectivity index (χ4n) is 5.03. The summed E-state index contributed by atoms with van der Waals surface area (Å²) >= 11 is 0. The van der Waals surface area contributed by atoms with Gasteiger partial charge in [0.2, 0.25) is 0 Å². The first-order valence-electron chi connectivity index (χ1n) is 10.0. The molecule has 0 heterocycles. The molecular formula is C23H36O5. The molecule has 2 rings (SSSR count). The van der Waals surface area contributed by atoms with Gasteiger partial charge in [0, 0.05) is 18.6 Å². The van der Waals surface area contributed by atoms with E-state index in [2.05, 4.69) is 6.08 Å².